The van der Waals surface area contributed by atoms with Crippen LogP contribution in [0.15, 0.2) is 30.3 Å². The van der Waals surface area contributed by atoms with Crippen LogP contribution in [0.3, 0.4) is 0 Å². The van der Waals surface area contributed by atoms with Crippen molar-refractivity contribution in [2.75, 3.05) is 6.54 Å². The molecule has 0 spiro atoms. The van der Waals surface area contributed by atoms with E-state index in [4.69, 9.17) is 0 Å². The maximum atomic E-state index is 3.78. The largest absolute Gasteiger partial charge is 0.313 e. The van der Waals surface area contributed by atoms with E-state index < -0.39 is 0 Å². The highest BCUT2D eigenvalue weighted by atomic mass is 14.9. The predicted molar refractivity (Wildman–Crippen MR) is 78.9 cm³/mol. The quantitative estimate of drug-likeness (QED) is 0.822. The minimum absolute atomic E-state index is 0.228. The molecule has 1 aromatic carbocycles. The van der Waals surface area contributed by atoms with E-state index in [0.717, 1.165) is 18.5 Å². The standard InChI is InChI=1S/C17H27N/c1-4-14-10-11-16(12-14)18-13-17(2,3)15-8-6-5-7-9-15/h5-9,14,16,18H,4,10-13H2,1-3H3. The fraction of sp³-hybridized carbons (Fsp3) is 0.647. The van der Waals surface area contributed by atoms with Crippen LogP contribution in [-0.2, 0) is 5.41 Å². The van der Waals surface area contributed by atoms with E-state index in [9.17, 15) is 0 Å². The maximum absolute atomic E-state index is 3.78. The lowest BCUT2D eigenvalue weighted by atomic mass is 9.84. The zero-order valence-electron chi connectivity index (χ0n) is 12.1. The van der Waals surface area contributed by atoms with Crippen LogP contribution in [0.1, 0.15) is 52.0 Å². The predicted octanol–water partition coefficient (Wildman–Crippen LogP) is 4.13. The molecule has 2 unspecified atom stereocenters. The molecule has 1 aliphatic carbocycles. The molecule has 100 valence electrons. The van der Waals surface area contributed by atoms with E-state index in [0.29, 0.717) is 0 Å². The van der Waals surface area contributed by atoms with E-state index in [1.165, 1.54) is 31.2 Å². The molecule has 1 nitrogen and oxygen atoms in total. The van der Waals surface area contributed by atoms with Crippen molar-refractivity contribution >= 4 is 0 Å². The summed E-state index contributed by atoms with van der Waals surface area (Å²) in [5, 5.41) is 3.78. The topological polar surface area (TPSA) is 12.0 Å². The summed E-state index contributed by atoms with van der Waals surface area (Å²) in [7, 11) is 0. The molecule has 0 bridgehead atoms. The van der Waals surface area contributed by atoms with Crippen LogP contribution >= 0.6 is 0 Å². The van der Waals surface area contributed by atoms with E-state index in [2.05, 4.69) is 56.4 Å². The van der Waals surface area contributed by atoms with Crippen molar-refractivity contribution in [1.82, 2.24) is 5.32 Å². The van der Waals surface area contributed by atoms with Gasteiger partial charge >= 0.3 is 0 Å². The van der Waals surface area contributed by atoms with Gasteiger partial charge in [0.05, 0.1) is 0 Å². The molecule has 18 heavy (non-hydrogen) atoms. The molecular weight excluding hydrogens is 218 g/mol. The minimum Gasteiger partial charge on any atom is -0.313 e. The Kier molecular flexibility index (Phi) is 4.45. The van der Waals surface area contributed by atoms with Crippen LogP contribution in [0.5, 0.6) is 0 Å². The third-order valence-corrected chi connectivity index (χ3v) is 4.51. The monoisotopic (exact) mass is 245 g/mol. The first-order valence-electron chi connectivity index (χ1n) is 7.40. The van der Waals surface area contributed by atoms with Gasteiger partial charge in [-0.05, 0) is 30.7 Å². The van der Waals surface area contributed by atoms with E-state index in [-0.39, 0.29) is 5.41 Å². The van der Waals surface area contributed by atoms with Gasteiger partial charge in [-0.15, -0.1) is 0 Å². The zero-order chi connectivity index (χ0) is 13.0. The number of hydrogen-bond acceptors (Lipinski definition) is 1. The Morgan fingerprint density at radius 1 is 1.17 bits per heavy atom. The Labute approximate surface area is 112 Å². The Morgan fingerprint density at radius 3 is 2.50 bits per heavy atom. The van der Waals surface area contributed by atoms with Crippen molar-refractivity contribution in [2.24, 2.45) is 5.92 Å². The average Bonchev–Trinajstić information content (AvgIpc) is 2.86. The molecule has 0 saturated heterocycles. The molecule has 0 heterocycles. The maximum Gasteiger partial charge on any atom is 0.00701 e. The van der Waals surface area contributed by atoms with Crippen molar-refractivity contribution in [3.8, 4) is 0 Å². The second-order valence-electron chi connectivity index (χ2n) is 6.42. The molecule has 0 aliphatic heterocycles. The molecule has 1 N–H and O–H groups in total. The lowest BCUT2D eigenvalue weighted by Crippen LogP contribution is -2.38. The Hall–Kier alpha value is -0.820. The van der Waals surface area contributed by atoms with Gasteiger partial charge in [0.15, 0.2) is 0 Å². The van der Waals surface area contributed by atoms with Gasteiger partial charge in [0.1, 0.15) is 0 Å². The van der Waals surface area contributed by atoms with Gasteiger partial charge < -0.3 is 5.32 Å². The number of nitrogens with one attached hydrogen (secondary N) is 1. The van der Waals surface area contributed by atoms with Crippen molar-refractivity contribution in [2.45, 2.75) is 57.9 Å². The van der Waals surface area contributed by atoms with E-state index >= 15 is 0 Å². The number of rotatable bonds is 5. The van der Waals surface area contributed by atoms with Gasteiger partial charge in [-0.25, -0.2) is 0 Å². The second-order valence-corrected chi connectivity index (χ2v) is 6.42. The summed E-state index contributed by atoms with van der Waals surface area (Å²) in [5.74, 6) is 0.960. The molecular formula is C17H27N. The van der Waals surface area contributed by atoms with E-state index in [1.54, 1.807) is 0 Å². The molecule has 0 radical (unpaired) electrons. The highest BCUT2D eigenvalue weighted by molar-refractivity contribution is 5.23. The van der Waals surface area contributed by atoms with Crippen molar-refractivity contribution < 1.29 is 0 Å². The Morgan fingerprint density at radius 2 is 1.89 bits per heavy atom. The lowest BCUT2D eigenvalue weighted by Gasteiger charge is -2.28. The summed E-state index contributed by atoms with van der Waals surface area (Å²) in [6, 6.07) is 11.6. The number of hydrogen-bond donors (Lipinski definition) is 1. The fourth-order valence-corrected chi connectivity index (χ4v) is 3.02. The van der Waals surface area contributed by atoms with Crippen LogP contribution in [0.2, 0.25) is 0 Å². The van der Waals surface area contributed by atoms with Crippen molar-refractivity contribution in [1.29, 1.82) is 0 Å². The van der Waals surface area contributed by atoms with Gasteiger partial charge in [0.25, 0.3) is 0 Å². The first-order chi connectivity index (χ1) is 8.62. The number of benzene rings is 1. The third-order valence-electron chi connectivity index (χ3n) is 4.51. The van der Waals surface area contributed by atoms with Crippen LogP contribution in [0.4, 0.5) is 0 Å². The van der Waals surface area contributed by atoms with Crippen LogP contribution in [0, 0.1) is 5.92 Å². The summed E-state index contributed by atoms with van der Waals surface area (Å²) in [6.07, 6.45) is 5.50. The first-order valence-corrected chi connectivity index (χ1v) is 7.40. The van der Waals surface area contributed by atoms with Gasteiger partial charge in [0.2, 0.25) is 0 Å². The summed E-state index contributed by atoms with van der Waals surface area (Å²) in [6.45, 7) is 8.07. The van der Waals surface area contributed by atoms with Gasteiger partial charge in [0, 0.05) is 18.0 Å². The summed E-state index contributed by atoms with van der Waals surface area (Å²) in [5.41, 5.74) is 1.66. The molecule has 1 saturated carbocycles. The average molecular weight is 245 g/mol. The van der Waals surface area contributed by atoms with Crippen molar-refractivity contribution in [3.05, 3.63) is 35.9 Å². The molecule has 1 aliphatic rings. The zero-order valence-corrected chi connectivity index (χ0v) is 12.1. The Balaban J connectivity index is 1.86. The molecule has 2 atom stereocenters. The van der Waals surface area contributed by atoms with Gasteiger partial charge in [-0.2, -0.15) is 0 Å². The van der Waals surface area contributed by atoms with Crippen LogP contribution in [-0.4, -0.2) is 12.6 Å². The molecule has 2 rings (SSSR count). The molecule has 0 amide bonds. The lowest BCUT2D eigenvalue weighted by molar-refractivity contribution is 0.408. The highest BCUT2D eigenvalue weighted by Gasteiger charge is 2.26. The third kappa shape index (κ3) is 3.35. The SMILES string of the molecule is CCC1CCC(NCC(C)(C)c2ccccc2)C1. The van der Waals surface area contributed by atoms with E-state index in [1.807, 2.05) is 0 Å². The smallest absolute Gasteiger partial charge is 0.00701 e. The molecule has 0 aromatic heterocycles. The van der Waals surface area contributed by atoms with Gasteiger partial charge in [-0.3, -0.25) is 0 Å². The summed E-state index contributed by atoms with van der Waals surface area (Å²) < 4.78 is 0. The van der Waals surface area contributed by atoms with Gasteiger partial charge in [-0.1, -0.05) is 57.5 Å². The van der Waals surface area contributed by atoms with Crippen LogP contribution < -0.4 is 5.32 Å². The van der Waals surface area contributed by atoms with Crippen molar-refractivity contribution in [3.63, 3.8) is 0 Å². The second kappa shape index (κ2) is 5.88. The summed E-state index contributed by atoms with van der Waals surface area (Å²) in [4.78, 5) is 0. The minimum atomic E-state index is 0.228. The molecule has 1 aromatic rings. The fourth-order valence-electron chi connectivity index (χ4n) is 3.02. The normalized spacial score (nSPS) is 24.4. The summed E-state index contributed by atoms with van der Waals surface area (Å²) >= 11 is 0. The molecule has 1 fully saturated rings. The van der Waals surface area contributed by atoms with Crippen LogP contribution in [0.25, 0.3) is 0 Å². The molecule has 1 heteroatoms. The first kappa shape index (κ1) is 13.6. The highest BCUT2D eigenvalue weighted by Crippen LogP contribution is 2.29. The Bertz CT molecular complexity index is 355.